The number of amides is 2. The molecule has 10 heteroatoms. The number of nitrogens with zero attached hydrogens (tertiary/aromatic N) is 2. The highest BCUT2D eigenvalue weighted by atomic mass is 35.5. The molecule has 7 nitrogen and oxygen atoms in total. The van der Waals surface area contributed by atoms with E-state index in [1.54, 1.807) is 24.3 Å². The van der Waals surface area contributed by atoms with E-state index in [4.69, 9.17) is 23.2 Å². The monoisotopic (exact) mass is 575 g/mol. The molecular weight excluding hydrogens is 545 g/mol. The van der Waals surface area contributed by atoms with Crippen molar-refractivity contribution in [1.82, 2.24) is 10.2 Å². The van der Waals surface area contributed by atoms with E-state index in [-0.39, 0.29) is 33.1 Å². The van der Waals surface area contributed by atoms with Crippen LogP contribution in [0.5, 0.6) is 0 Å². The van der Waals surface area contributed by atoms with Gasteiger partial charge in [-0.15, -0.1) is 0 Å². The van der Waals surface area contributed by atoms with Crippen molar-refractivity contribution in [2.75, 3.05) is 17.4 Å². The summed E-state index contributed by atoms with van der Waals surface area (Å²) < 4.78 is 28.6. The lowest BCUT2D eigenvalue weighted by Crippen LogP contribution is -2.52. The fourth-order valence-corrected chi connectivity index (χ4v) is 5.88. The van der Waals surface area contributed by atoms with Crippen LogP contribution >= 0.6 is 23.2 Å². The van der Waals surface area contributed by atoms with Crippen molar-refractivity contribution in [3.8, 4) is 0 Å². The van der Waals surface area contributed by atoms with Crippen molar-refractivity contribution < 1.29 is 18.0 Å². The van der Waals surface area contributed by atoms with Crippen molar-refractivity contribution in [1.29, 1.82) is 0 Å². The molecule has 1 atom stereocenters. The van der Waals surface area contributed by atoms with Crippen LogP contribution < -0.4 is 9.62 Å². The average Bonchev–Trinajstić information content (AvgIpc) is 2.93. The summed E-state index contributed by atoms with van der Waals surface area (Å²) in [5.41, 5.74) is 0.875. The molecule has 3 rings (SSSR count). The summed E-state index contributed by atoms with van der Waals surface area (Å²) in [6.45, 7) is 3.76. The van der Waals surface area contributed by atoms with Crippen LogP contribution in [0.1, 0.15) is 32.3 Å². The molecule has 202 valence electrons. The number of halogens is 2. The number of benzene rings is 3. The molecule has 0 radical (unpaired) electrons. The van der Waals surface area contributed by atoms with Crippen molar-refractivity contribution in [3.05, 3.63) is 94.5 Å². The summed E-state index contributed by atoms with van der Waals surface area (Å²) in [6.07, 6.45) is 1.09. The zero-order valence-electron chi connectivity index (χ0n) is 21.3. The Labute approximate surface area is 234 Å². The largest absolute Gasteiger partial charge is 0.354 e. The summed E-state index contributed by atoms with van der Waals surface area (Å²) in [5.74, 6) is -0.847. The van der Waals surface area contributed by atoms with Crippen molar-refractivity contribution in [2.24, 2.45) is 0 Å². The van der Waals surface area contributed by atoms with Crippen LogP contribution in [-0.4, -0.2) is 44.3 Å². The second-order valence-electron chi connectivity index (χ2n) is 8.62. The first-order valence-electron chi connectivity index (χ1n) is 12.3. The molecule has 0 unspecified atom stereocenters. The van der Waals surface area contributed by atoms with Gasteiger partial charge in [0.25, 0.3) is 10.0 Å². The molecule has 0 aromatic heterocycles. The van der Waals surface area contributed by atoms with E-state index in [1.807, 2.05) is 44.2 Å². The fraction of sp³-hybridized carbons (Fsp3) is 0.286. The Morgan fingerprint density at radius 2 is 1.53 bits per heavy atom. The lowest BCUT2D eigenvalue weighted by molar-refractivity contribution is -0.140. The average molecular weight is 577 g/mol. The minimum absolute atomic E-state index is 0.00353. The Kier molecular flexibility index (Phi) is 10.6. The molecule has 0 aliphatic rings. The smallest absolute Gasteiger partial charge is 0.264 e. The second kappa shape index (κ2) is 13.6. The Bertz CT molecular complexity index is 1340. The van der Waals surface area contributed by atoms with E-state index in [9.17, 15) is 18.0 Å². The van der Waals surface area contributed by atoms with Gasteiger partial charge < -0.3 is 10.2 Å². The van der Waals surface area contributed by atoms with Gasteiger partial charge in [-0.3, -0.25) is 13.9 Å². The van der Waals surface area contributed by atoms with E-state index in [0.717, 1.165) is 16.3 Å². The Balaban J connectivity index is 2.07. The first-order chi connectivity index (χ1) is 18.2. The van der Waals surface area contributed by atoms with Gasteiger partial charge in [-0.05, 0) is 42.7 Å². The van der Waals surface area contributed by atoms with Gasteiger partial charge in [-0.1, -0.05) is 91.6 Å². The number of anilines is 1. The zero-order valence-corrected chi connectivity index (χ0v) is 23.6. The molecule has 3 aromatic carbocycles. The molecule has 1 N–H and O–H groups in total. The summed E-state index contributed by atoms with van der Waals surface area (Å²) in [4.78, 5) is 28.4. The van der Waals surface area contributed by atoms with Gasteiger partial charge in [0, 0.05) is 13.1 Å². The number of carbonyl (C=O) groups is 2. The van der Waals surface area contributed by atoms with E-state index in [1.165, 1.54) is 29.2 Å². The molecular formula is C28H31Cl2N3O4S. The molecule has 0 fully saturated rings. The second-order valence-corrected chi connectivity index (χ2v) is 11.3. The van der Waals surface area contributed by atoms with Crippen LogP contribution in [0, 0.1) is 0 Å². The van der Waals surface area contributed by atoms with E-state index in [0.29, 0.717) is 13.0 Å². The third-order valence-electron chi connectivity index (χ3n) is 5.94. The number of hydrogen-bond acceptors (Lipinski definition) is 4. The maximum absolute atomic E-state index is 13.9. The minimum Gasteiger partial charge on any atom is -0.354 e. The van der Waals surface area contributed by atoms with Crippen molar-refractivity contribution >= 4 is 50.7 Å². The van der Waals surface area contributed by atoms with Gasteiger partial charge in [0.2, 0.25) is 11.8 Å². The highest BCUT2D eigenvalue weighted by Crippen LogP contribution is 2.35. The standard InChI is InChI=1S/C28H31Cl2N3O4S/c1-3-18-31-28(35)24(4-2)32(19-21-12-7-5-8-13-21)26(34)20-33(25-17-11-16-23(29)27(25)30)38(36,37)22-14-9-6-10-15-22/h5-17,24H,3-4,18-20H2,1-2H3,(H,31,35)/t24-/m1/s1. The molecule has 0 heterocycles. The van der Waals surface area contributed by atoms with Gasteiger partial charge in [-0.2, -0.15) is 0 Å². The fourth-order valence-electron chi connectivity index (χ4n) is 3.98. The van der Waals surface area contributed by atoms with Crippen LogP contribution in [0.2, 0.25) is 10.0 Å². The topological polar surface area (TPSA) is 86.8 Å². The molecule has 0 spiro atoms. The number of nitrogens with one attached hydrogen (secondary N) is 1. The van der Waals surface area contributed by atoms with E-state index >= 15 is 0 Å². The van der Waals surface area contributed by atoms with Crippen molar-refractivity contribution in [2.45, 2.75) is 44.2 Å². The third-order valence-corrected chi connectivity index (χ3v) is 8.52. The lowest BCUT2D eigenvalue weighted by Gasteiger charge is -2.33. The van der Waals surface area contributed by atoms with Crippen LogP contribution in [0.25, 0.3) is 0 Å². The number of carbonyl (C=O) groups excluding carboxylic acids is 2. The molecule has 38 heavy (non-hydrogen) atoms. The number of sulfonamides is 1. The molecule has 0 aliphatic carbocycles. The zero-order chi connectivity index (χ0) is 27.7. The normalized spacial score (nSPS) is 12.0. The summed E-state index contributed by atoms with van der Waals surface area (Å²) >= 11 is 12.7. The lowest BCUT2D eigenvalue weighted by atomic mass is 10.1. The summed E-state index contributed by atoms with van der Waals surface area (Å²) in [6, 6.07) is 20.8. The molecule has 0 saturated heterocycles. The molecule has 0 aliphatic heterocycles. The minimum atomic E-state index is -4.22. The number of hydrogen-bond donors (Lipinski definition) is 1. The van der Waals surface area contributed by atoms with Gasteiger partial charge in [0.1, 0.15) is 12.6 Å². The Morgan fingerprint density at radius 3 is 2.13 bits per heavy atom. The van der Waals surface area contributed by atoms with E-state index < -0.39 is 28.5 Å². The molecule has 2 amide bonds. The Hall–Kier alpha value is -3.07. The SMILES string of the molecule is CCCNC(=O)[C@@H](CC)N(Cc1ccccc1)C(=O)CN(c1cccc(Cl)c1Cl)S(=O)(=O)c1ccccc1. The van der Waals surface area contributed by atoms with Gasteiger partial charge in [0.05, 0.1) is 20.6 Å². The first kappa shape index (κ1) is 29.5. The van der Waals surface area contributed by atoms with Crippen LogP contribution in [-0.2, 0) is 26.2 Å². The van der Waals surface area contributed by atoms with Crippen LogP contribution in [0.3, 0.4) is 0 Å². The molecule has 0 bridgehead atoms. The third kappa shape index (κ3) is 7.07. The van der Waals surface area contributed by atoms with Crippen molar-refractivity contribution in [3.63, 3.8) is 0 Å². The molecule has 0 saturated carbocycles. The summed E-state index contributed by atoms with van der Waals surface area (Å²) in [5, 5.41) is 3.01. The highest BCUT2D eigenvalue weighted by molar-refractivity contribution is 7.92. The van der Waals surface area contributed by atoms with E-state index in [2.05, 4.69) is 5.32 Å². The predicted octanol–water partition coefficient (Wildman–Crippen LogP) is 5.52. The predicted molar refractivity (Wildman–Crippen MR) is 152 cm³/mol. The number of rotatable bonds is 12. The van der Waals surface area contributed by atoms with Gasteiger partial charge >= 0.3 is 0 Å². The Morgan fingerprint density at radius 1 is 0.895 bits per heavy atom. The molecule has 3 aromatic rings. The van der Waals surface area contributed by atoms with Crippen LogP contribution in [0.4, 0.5) is 5.69 Å². The maximum atomic E-state index is 13.9. The van der Waals surface area contributed by atoms with Gasteiger partial charge in [-0.25, -0.2) is 8.42 Å². The quantitative estimate of drug-likeness (QED) is 0.308. The summed E-state index contributed by atoms with van der Waals surface area (Å²) in [7, 11) is -4.22. The maximum Gasteiger partial charge on any atom is 0.264 e. The van der Waals surface area contributed by atoms with Gasteiger partial charge in [0.15, 0.2) is 0 Å². The van der Waals surface area contributed by atoms with Crippen LogP contribution in [0.15, 0.2) is 83.8 Å². The highest BCUT2D eigenvalue weighted by Gasteiger charge is 2.34. The first-order valence-corrected chi connectivity index (χ1v) is 14.5.